The summed E-state index contributed by atoms with van der Waals surface area (Å²) in [6.45, 7) is 4.46. The van der Waals surface area contributed by atoms with Gasteiger partial charge in [0.2, 0.25) is 0 Å². The fourth-order valence-electron chi connectivity index (χ4n) is 4.66. The Morgan fingerprint density at radius 2 is 1.23 bits per heavy atom. The van der Waals surface area contributed by atoms with Gasteiger partial charge in [0.25, 0.3) is 0 Å². The molecule has 0 aliphatic heterocycles. The van der Waals surface area contributed by atoms with E-state index in [1.54, 1.807) is 6.07 Å². The molecule has 2 N–H and O–H groups in total. The zero-order valence-corrected chi connectivity index (χ0v) is 17.7. The zero-order chi connectivity index (χ0) is 21.6. The van der Waals surface area contributed by atoms with Crippen molar-refractivity contribution in [1.82, 2.24) is 0 Å². The summed E-state index contributed by atoms with van der Waals surface area (Å²) in [5, 5.41) is 19.3. The zero-order valence-electron chi connectivity index (χ0n) is 17.7. The highest BCUT2D eigenvalue weighted by Crippen LogP contribution is 2.50. The molecule has 0 fully saturated rings. The SMILES string of the molecule is CC1(C)c2ccc(B(O)O)cc2-c2ccc(N(c3ccccc3)c3ccccc3)cc21. The van der Waals surface area contributed by atoms with Gasteiger partial charge < -0.3 is 14.9 Å². The molecular formula is C27H24BNO2. The predicted octanol–water partition coefficient (Wildman–Crippen LogP) is 5.14. The monoisotopic (exact) mass is 405 g/mol. The molecule has 0 amide bonds. The summed E-state index contributed by atoms with van der Waals surface area (Å²) in [6, 6.07) is 33.1. The van der Waals surface area contributed by atoms with E-state index in [1.807, 2.05) is 24.3 Å². The molecule has 0 spiro atoms. The molecule has 0 radical (unpaired) electrons. The third-order valence-corrected chi connectivity index (χ3v) is 6.27. The molecule has 152 valence electrons. The average molecular weight is 405 g/mol. The van der Waals surface area contributed by atoms with Crippen LogP contribution >= 0.6 is 0 Å². The topological polar surface area (TPSA) is 43.7 Å². The summed E-state index contributed by atoms with van der Waals surface area (Å²) in [5.74, 6) is 0. The molecule has 4 heteroatoms. The van der Waals surface area contributed by atoms with Gasteiger partial charge in [-0.2, -0.15) is 0 Å². The molecule has 0 atom stereocenters. The quantitative estimate of drug-likeness (QED) is 0.462. The number of nitrogens with zero attached hydrogens (tertiary/aromatic N) is 1. The van der Waals surface area contributed by atoms with Crippen molar-refractivity contribution in [3.8, 4) is 11.1 Å². The highest BCUT2D eigenvalue weighted by atomic mass is 16.4. The molecule has 0 heterocycles. The molecule has 4 aromatic rings. The van der Waals surface area contributed by atoms with Gasteiger partial charge in [0, 0.05) is 22.5 Å². The van der Waals surface area contributed by atoms with Crippen molar-refractivity contribution < 1.29 is 10.0 Å². The minimum absolute atomic E-state index is 0.182. The van der Waals surface area contributed by atoms with Crippen LogP contribution in [-0.2, 0) is 5.41 Å². The van der Waals surface area contributed by atoms with Crippen LogP contribution in [0.15, 0.2) is 97.1 Å². The lowest BCUT2D eigenvalue weighted by atomic mass is 9.77. The summed E-state index contributed by atoms with van der Waals surface area (Å²) in [7, 11) is -1.47. The predicted molar refractivity (Wildman–Crippen MR) is 129 cm³/mol. The third kappa shape index (κ3) is 3.25. The van der Waals surface area contributed by atoms with Gasteiger partial charge >= 0.3 is 7.12 Å². The Bertz CT molecular complexity index is 1200. The standard InChI is InChI=1S/C27H24BNO2/c1-27(2)25-16-13-19(28(30)31)17-24(25)23-15-14-22(18-26(23)27)29(20-9-5-3-6-10-20)21-11-7-4-8-12-21/h3-18,30-31H,1-2H3. The van der Waals surface area contributed by atoms with Crippen molar-refractivity contribution in [1.29, 1.82) is 0 Å². The minimum atomic E-state index is -1.47. The van der Waals surface area contributed by atoms with Crippen LogP contribution in [-0.4, -0.2) is 17.2 Å². The van der Waals surface area contributed by atoms with Gasteiger partial charge in [-0.05, 0) is 64.1 Å². The molecule has 1 aliphatic carbocycles. The fraction of sp³-hybridized carbons (Fsp3) is 0.111. The van der Waals surface area contributed by atoms with E-state index >= 15 is 0 Å². The van der Waals surface area contributed by atoms with Crippen LogP contribution in [0.2, 0.25) is 0 Å². The molecular weight excluding hydrogens is 381 g/mol. The molecule has 0 unspecified atom stereocenters. The molecule has 0 saturated heterocycles. The summed E-state index contributed by atoms with van der Waals surface area (Å²) in [6.07, 6.45) is 0. The van der Waals surface area contributed by atoms with Crippen LogP contribution < -0.4 is 10.4 Å². The Hall–Kier alpha value is -3.34. The van der Waals surface area contributed by atoms with E-state index in [-0.39, 0.29) is 5.41 Å². The van der Waals surface area contributed by atoms with E-state index in [2.05, 4.69) is 85.5 Å². The number of para-hydroxylation sites is 2. The molecule has 4 aromatic carbocycles. The summed E-state index contributed by atoms with van der Waals surface area (Å²) in [4.78, 5) is 2.27. The minimum Gasteiger partial charge on any atom is -0.423 e. The maximum atomic E-state index is 9.65. The van der Waals surface area contributed by atoms with Gasteiger partial charge in [-0.3, -0.25) is 0 Å². The van der Waals surface area contributed by atoms with Crippen LogP contribution in [0.25, 0.3) is 11.1 Å². The molecule has 0 bridgehead atoms. The van der Waals surface area contributed by atoms with Gasteiger partial charge in [0.05, 0.1) is 0 Å². The Labute approximate surface area is 183 Å². The second-order valence-electron chi connectivity index (χ2n) is 8.54. The maximum absolute atomic E-state index is 9.65. The molecule has 1 aliphatic rings. The van der Waals surface area contributed by atoms with Crippen molar-refractivity contribution in [2.75, 3.05) is 4.90 Å². The Kier molecular flexibility index (Phi) is 4.69. The Morgan fingerprint density at radius 3 is 1.81 bits per heavy atom. The highest BCUT2D eigenvalue weighted by molar-refractivity contribution is 6.58. The largest absolute Gasteiger partial charge is 0.488 e. The average Bonchev–Trinajstić information content (AvgIpc) is 3.02. The normalized spacial score (nSPS) is 13.4. The van der Waals surface area contributed by atoms with Crippen molar-refractivity contribution in [3.63, 3.8) is 0 Å². The first-order valence-electron chi connectivity index (χ1n) is 10.5. The van der Waals surface area contributed by atoms with Gasteiger partial charge in [0.15, 0.2) is 0 Å². The molecule has 0 aromatic heterocycles. The first-order chi connectivity index (χ1) is 15.0. The maximum Gasteiger partial charge on any atom is 0.488 e. The third-order valence-electron chi connectivity index (χ3n) is 6.27. The van der Waals surface area contributed by atoms with E-state index in [4.69, 9.17) is 0 Å². The highest BCUT2D eigenvalue weighted by Gasteiger charge is 2.36. The lowest BCUT2D eigenvalue weighted by molar-refractivity contribution is 0.426. The fourth-order valence-corrected chi connectivity index (χ4v) is 4.66. The molecule has 0 saturated carbocycles. The Balaban J connectivity index is 1.68. The van der Waals surface area contributed by atoms with E-state index in [9.17, 15) is 10.0 Å². The molecule has 31 heavy (non-hydrogen) atoms. The number of benzene rings is 4. The van der Waals surface area contributed by atoms with Crippen molar-refractivity contribution in [2.24, 2.45) is 0 Å². The van der Waals surface area contributed by atoms with Gasteiger partial charge in [-0.15, -0.1) is 0 Å². The number of fused-ring (bicyclic) bond motifs is 3. The van der Waals surface area contributed by atoms with Crippen molar-refractivity contribution in [3.05, 3.63) is 108 Å². The van der Waals surface area contributed by atoms with Gasteiger partial charge in [0.1, 0.15) is 0 Å². The van der Waals surface area contributed by atoms with Gasteiger partial charge in [-0.25, -0.2) is 0 Å². The van der Waals surface area contributed by atoms with E-state index < -0.39 is 7.12 Å². The van der Waals surface area contributed by atoms with Crippen LogP contribution in [0.3, 0.4) is 0 Å². The second kappa shape index (κ2) is 7.42. The summed E-state index contributed by atoms with van der Waals surface area (Å²) < 4.78 is 0. The number of hydrogen-bond acceptors (Lipinski definition) is 3. The first-order valence-corrected chi connectivity index (χ1v) is 10.5. The van der Waals surface area contributed by atoms with Crippen LogP contribution in [0, 0.1) is 0 Å². The summed E-state index contributed by atoms with van der Waals surface area (Å²) >= 11 is 0. The smallest absolute Gasteiger partial charge is 0.423 e. The second-order valence-corrected chi connectivity index (χ2v) is 8.54. The van der Waals surface area contributed by atoms with Crippen LogP contribution in [0.5, 0.6) is 0 Å². The van der Waals surface area contributed by atoms with Gasteiger partial charge in [-0.1, -0.05) is 74.5 Å². The Morgan fingerprint density at radius 1 is 0.613 bits per heavy atom. The summed E-state index contributed by atoms with van der Waals surface area (Å²) in [5.41, 5.74) is 8.30. The van der Waals surface area contributed by atoms with E-state index in [1.165, 1.54) is 11.1 Å². The number of rotatable bonds is 4. The van der Waals surface area contributed by atoms with Crippen LogP contribution in [0.4, 0.5) is 17.1 Å². The molecule has 3 nitrogen and oxygen atoms in total. The first kappa shape index (κ1) is 19.6. The van der Waals surface area contributed by atoms with Crippen LogP contribution in [0.1, 0.15) is 25.0 Å². The van der Waals surface area contributed by atoms with E-state index in [0.29, 0.717) is 5.46 Å². The lowest BCUT2D eigenvalue weighted by Crippen LogP contribution is -2.30. The van der Waals surface area contributed by atoms with Crippen molar-refractivity contribution in [2.45, 2.75) is 19.3 Å². The van der Waals surface area contributed by atoms with Crippen molar-refractivity contribution >= 4 is 29.6 Å². The number of anilines is 3. The van der Waals surface area contributed by atoms with E-state index in [0.717, 1.165) is 28.2 Å². The number of hydrogen-bond donors (Lipinski definition) is 2. The molecule has 5 rings (SSSR count). The lowest BCUT2D eigenvalue weighted by Gasteiger charge is -2.28.